The number of aliphatic carboxylic acids is 1. The molecule has 1 rings (SSSR count). The number of rotatable bonds is 3. The van der Waals surface area contributed by atoms with E-state index in [0.717, 1.165) is 11.3 Å². The number of anilines is 1. The molecule has 1 aromatic rings. The Morgan fingerprint density at radius 1 is 1.67 bits per heavy atom. The lowest BCUT2D eigenvalue weighted by atomic mass is 9.99. The normalized spacial score (nSPS) is 14.6. The summed E-state index contributed by atoms with van der Waals surface area (Å²) in [5, 5.41) is 8.93. The minimum atomic E-state index is -1.08. The lowest BCUT2D eigenvalue weighted by Crippen LogP contribution is -2.31. The Morgan fingerprint density at radius 2 is 2.27 bits per heavy atom. The van der Waals surface area contributed by atoms with Crippen LogP contribution in [0.1, 0.15) is 18.2 Å². The van der Waals surface area contributed by atoms with Crippen molar-refractivity contribution in [2.24, 2.45) is 0 Å². The molecule has 1 atom stereocenters. The first-order chi connectivity index (χ1) is 6.83. The number of carboxylic acids is 1. The van der Waals surface area contributed by atoms with E-state index < -0.39 is 10.7 Å². The van der Waals surface area contributed by atoms with E-state index in [9.17, 15) is 4.79 Å². The lowest BCUT2D eigenvalue weighted by Gasteiger charge is -2.18. The van der Waals surface area contributed by atoms with Crippen LogP contribution in [0.25, 0.3) is 0 Å². The molecule has 0 spiro atoms. The van der Waals surface area contributed by atoms with Crippen LogP contribution >= 0.6 is 12.6 Å². The number of hydrogen-bond acceptors (Lipinski definition) is 4. The fourth-order valence-electron chi connectivity index (χ4n) is 1.24. The highest BCUT2D eigenvalue weighted by Crippen LogP contribution is 2.22. The minimum Gasteiger partial charge on any atom is -0.480 e. The Hall–Kier alpha value is -1.23. The van der Waals surface area contributed by atoms with Crippen molar-refractivity contribution in [3.63, 3.8) is 0 Å². The molecule has 0 saturated heterocycles. The Labute approximate surface area is 93.9 Å². The number of aryl methyl sites for hydroxylation is 1. The molecule has 0 fully saturated rings. The molecule has 0 amide bonds. The summed E-state index contributed by atoms with van der Waals surface area (Å²) in [6, 6.07) is 3.45. The van der Waals surface area contributed by atoms with E-state index in [-0.39, 0.29) is 0 Å². The fraction of sp³-hybridized carbons (Fsp3) is 0.400. The number of aromatic nitrogens is 1. The zero-order valence-electron chi connectivity index (χ0n) is 8.69. The van der Waals surface area contributed by atoms with Gasteiger partial charge in [-0.25, -0.2) is 4.98 Å². The molecule has 1 heterocycles. The monoisotopic (exact) mass is 226 g/mol. The van der Waals surface area contributed by atoms with Gasteiger partial charge in [0.15, 0.2) is 0 Å². The number of carbonyl (C=O) groups is 1. The van der Waals surface area contributed by atoms with E-state index in [2.05, 4.69) is 17.6 Å². The Balaban J connectivity index is 2.95. The van der Waals surface area contributed by atoms with Gasteiger partial charge in [-0.2, -0.15) is 12.6 Å². The summed E-state index contributed by atoms with van der Waals surface area (Å²) in [6.07, 6.45) is 0.324. The predicted octanol–water partition coefficient (Wildman–Crippen LogP) is 1.29. The van der Waals surface area contributed by atoms with Crippen molar-refractivity contribution < 1.29 is 9.90 Å². The zero-order chi connectivity index (χ0) is 11.6. The highest BCUT2D eigenvalue weighted by molar-refractivity contribution is 7.82. The van der Waals surface area contributed by atoms with Crippen LogP contribution in [0, 0.1) is 6.92 Å². The third-order valence-corrected chi connectivity index (χ3v) is 2.56. The Morgan fingerprint density at radius 3 is 2.73 bits per heavy atom. The van der Waals surface area contributed by atoms with Crippen LogP contribution in [0.5, 0.6) is 0 Å². The number of pyridine rings is 1. The summed E-state index contributed by atoms with van der Waals surface area (Å²) in [5.74, 6) is -0.505. The van der Waals surface area contributed by atoms with E-state index in [1.165, 1.54) is 0 Å². The van der Waals surface area contributed by atoms with E-state index in [4.69, 9.17) is 10.8 Å². The number of nitrogens with two attached hydrogens (primary N) is 1. The smallest absolute Gasteiger partial charge is 0.319 e. The van der Waals surface area contributed by atoms with Crippen LogP contribution in [-0.4, -0.2) is 20.8 Å². The van der Waals surface area contributed by atoms with Crippen LogP contribution in [0.15, 0.2) is 12.1 Å². The molecule has 3 N–H and O–H groups in total. The maximum absolute atomic E-state index is 10.9. The molecule has 0 aliphatic heterocycles. The second kappa shape index (κ2) is 4.10. The SMILES string of the molecule is Cc1nc(N)ccc1CC(C)(S)C(=O)O. The van der Waals surface area contributed by atoms with Gasteiger partial charge in [0.1, 0.15) is 10.6 Å². The van der Waals surface area contributed by atoms with Gasteiger partial charge in [-0.15, -0.1) is 0 Å². The second-order valence-corrected chi connectivity index (χ2v) is 4.72. The maximum Gasteiger partial charge on any atom is 0.319 e. The summed E-state index contributed by atoms with van der Waals surface area (Å²) < 4.78 is -1.08. The molecule has 0 saturated carbocycles. The highest BCUT2D eigenvalue weighted by Gasteiger charge is 2.29. The second-order valence-electron chi connectivity index (χ2n) is 3.74. The summed E-state index contributed by atoms with van der Waals surface area (Å²) in [5.41, 5.74) is 7.10. The number of nitrogens with zero attached hydrogens (tertiary/aromatic N) is 1. The first kappa shape index (κ1) is 11.8. The average molecular weight is 226 g/mol. The number of hydrogen-bond donors (Lipinski definition) is 3. The Kier molecular flexibility index (Phi) is 3.24. The van der Waals surface area contributed by atoms with Crippen LogP contribution in [0.4, 0.5) is 5.82 Å². The van der Waals surface area contributed by atoms with Crippen LogP contribution in [-0.2, 0) is 11.2 Å². The number of nitrogen functional groups attached to an aromatic ring is 1. The van der Waals surface area contributed by atoms with Gasteiger partial charge in [-0.05, 0) is 31.9 Å². The van der Waals surface area contributed by atoms with E-state index in [0.29, 0.717) is 12.2 Å². The topological polar surface area (TPSA) is 76.2 Å². The largest absolute Gasteiger partial charge is 0.480 e. The third-order valence-electron chi connectivity index (χ3n) is 2.21. The van der Waals surface area contributed by atoms with Gasteiger partial charge >= 0.3 is 5.97 Å². The molecule has 82 valence electrons. The predicted molar refractivity (Wildman–Crippen MR) is 62.1 cm³/mol. The van der Waals surface area contributed by atoms with Crippen LogP contribution in [0.3, 0.4) is 0 Å². The van der Waals surface area contributed by atoms with Crippen molar-refractivity contribution in [1.82, 2.24) is 4.98 Å². The number of thiol groups is 1. The minimum absolute atomic E-state index is 0.324. The summed E-state index contributed by atoms with van der Waals surface area (Å²) in [7, 11) is 0. The van der Waals surface area contributed by atoms with Crippen molar-refractivity contribution >= 4 is 24.4 Å². The zero-order valence-corrected chi connectivity index (χ0v) is 9.58. The molecule has 15 heavy (non-hydrogen) atoms. The number of carboxylic acid groups (broad SMARTS) is 1. The maximum atomic E-state index is 10.9. The van der Waals surface area contributed by atoms with Crippen LogP contribution < -0.4 is 5.73 Å². The lowest BCUT2D eigenvalue weighted by molar-refractivity contribution is -0.139. The molecule has 1 aromatic heterocycles. The van der Waals surface area contributed by atoms with Gasteiger partial charge in [0, 0.05) is 5.69 Å². The first-order valence-corrected chi connectivity index (χ1v) is 4.95. The average Bonchev–Trinajstić information content (AvgIpc) is 2.09. The standard InChI is InChI=1S/C10H14N2O2S/c1-6-7(3-4-8(11)12-6)5-10(2,15)9(13)14/h3-4,15H,5H2,1-2H3,(H2,11,12)(H,13,14). The van der Waals surface area contributed by atoms with Gasteiger partial charge in [0.05, 0.1) is 0 Å². The fourth-order valence-corrected chi connectivity index (χ4v) is 1.41. The van der Waals surface area contributed by atoms with Crippen molar-refractivity contribution in [3.8, 4) is 0 Å². The summed E-state index contributed by atoms with van der Waals surface area (Å²) in [6.45, 7) is 3.37. The van der Waals surface area contributed by atoms with Crippen molar-refractivity contribution in [1.29, 1.82) is 0 Å². The van der Waals surface area contributed by atoms with E-state index in [1.807, 2.05) is 0 Å². The van der Waals surface area contributed by atoms with Gasteiger partial charge in [0.2, 0.25) is 0 Å². The molecular formula is C10H14N2O2S. The molecular weight excluding hydrogens is 212 g/mol. The third kappa shape index (κ3) is 2.86. The Bertz CT molecular complexity index is 391. The van der Waals surface area contributed by atoms with Gasteiger partial charge < -0.3 is 10.8 Å². The molecule has 5 heteroatoms. The van der Waals surface area contributed by atoms with Crippen molar-refractivity contribution in [3.05, 3.63) is 23.4 Å². The highest BCUT2D eigenvalue weighted by atomic mass is 32.1. The first-order valence-electron chi connectivity index (χ1n) is 4.51. The molecule has 0 aliphatic rings. The molecule has 0 aliphatic carbocycles. The summed E-state index contributed by atoms with van der Waals surface area (Å²) in [4.78, 5) is 15.0. The molecule has 1 unspecified atom stereocenters. The van der Waals surface area contributed by atoms with Crippen molar-refractivity contribution in [2.75, 3.05) is 5.73 Å². The van der Waals surface area contributed by atoms with E-state index in [1.54, 1.807) is 26.0 Å². The quantitative estimate of drug-likeness (QED) is 0.679. The van der Waals surface area contributed by atoms with E-state index >= 15 is 0 Å². The van der Waals surface area contributed by atoms with Crippen LogP contribution in [0.2, 0.25) is 0 Å². The summed E-state index contributed by atoms with van der Waals surface area (Å²) >= 11 is 4.11. The van der Waals surface area contributed by atoms with Gasteiger partial charge in [0.25, 0.3) is 0 Å². The molecule has 0 aromatic carbocycles. The molecule has 4 nitrogen and oxygen atoms in total. The molecule has 0 radical (unpaired) electrons. The van der Waals surface area contributed by atoms with Gasteiger partial charge in [-0.3, -0.25) is 4.79 Å². The van der Waals surface area contributed by atoms with Gasteiger partial charge in [-0.1, -0.05) is 6.07 Å². The van der Waals surface area contributed by atoms with Crippen molar-refractivity contribution in [2.45, 2.75) is 25.0 Å². The molecule has 0 bridgehead atoms.